The van der Waals surface area contributed by atoms with E-state index in [4.69, 9.17) is 0 Å². The van der Waals surface area contributed by atoms with Crippen LogP contribution in [0.5, 0.6) is 0 Å². The standard InChI is InChI=1S/C11H21N3O2S2/c1-2-12-6-3-4-10-18(15,16)14-7-5-11-13-8-9-17-11/h8-9,12,14H,2-7,10H2,1H3. The molecule has 1 aromatic heterocycles. The van der Waals surface area contributed by atoms with Crippen LogP contribution in [0.25, 0.3) is 0 Å². The Morgan fingerprint density at radius 2 is 2.17 bits per heavy atom. The van der Waals surface area contributed by atoms with Gasteiger partial charge in [0, 0.05) is 24.5 Å². The zero-order valence-electron chi connectivity index (χ0n) is 10.7. The van der Waals surface area contributed by atoms with Gasteiger partial charge in [-0.1, -0.05) is 6.92 Å². The van der Waals surface area contributed by atoms with Crippen LogP contribution in [0.2, 0.25) is 0 Å². The van der Waals surface area contributed by atoms with Crippen LogP contribution < -0.4 is 10.0 Å². The van der Waals surface area contributed by atoms with E-state index in [0.29, 0.717) is 19.4 Å². The predicted molar refractivity (Wildman–Crippen MR) is 75.4 cm³/mol. The molecule has 0 aliphatic carbocycles. The fraction of sp³-hybridized carbons (Fsp3) is 0.727. The molecule has 18 heavy (non-hydrogen) atoms. The lowest BCUT2D eigenvalue weighted by molar-refractivity contribution is 0.574. The smallest absolute Gasteiger partial charge is 0.211 e. The number of unbranched alkanes of at least 4 members (excludes halogenated alkanes) is 1. The predicted octanol–water partition coefficient (Wildman–Crippen LogP) is 0.995. The lowest BCUT2D eigenvalue weighted by atomic mass is 10.3. The summed E-state index contributed by atoms with van der Waals surface area (Å²) in [6.45, 7) is 4.28. The van der Waals surface area contributed by atoms with Crippen molar-refractivity contribution < 1.29 is 8.42 Å². The molecule has 7 heteroatoms. The Morgan fingerprint density at radius 3 is 2.83 bits per heavy atom. The van der Waals surface area contributed by atoms with E-state index in [1.54, 1.807) is 17.5 Å². The van der Waals surface area contributed by atoms with Crippen molar-refractivity contribution in [1.29, 1.82) is 0 Å². The van der Waals surface area contributed by atoms with Gasteiger partial charge >= 0.3 is 0 Å². The van der Waals surface area contributed by atoms with E-state index < -0.39 is 10.0 Å². The summed E-state index contributed by atoms with van der Waals surface area (Å²) >= 11 is 1.55. The average molecular weight is 291 g/mol. The second kappa shape index (κ2) is 8.58. The maximum absolute atomic E-state index is 11.6. The minimum Gasteiger partial charge on any atom is -0.317 e. The average Bonchev–Trinajstić information content (AvgIpc) is 2.81. The Hall–Kier alpha value is -0.500. The summed E-state index contributed by atoms with van der Waals surface area (Å²) in [7, 11) is -3.12. The van der Waals surface area contributed by atoms with Crippen LogP contribution in [0.15, 0.2) is 11.6 Å². The third-order valence-electron chi connectivity index (χ3n) is 2.41. The molecule has 0 unspecified atom stereocenters. The van der Waals surface area contributed by atoms with Gasteiger partial charge in [-0.25, -0.2) is 18.1 Å². The van der Waals surface area contributed by atoms with Gasteiger partial charge in [0.25, 0.3) is 0 Å². The first kappa shape index (κ1) is 15.6. The number of hydrogen-bond acceptors (Lipinski definition) is 5. The number of aromatic nitrogens is 1. The van der Waals surface area contributed by atoms with Crippen molar-refractivity contribution >= 4 is 21.4 Å². The van der Waals surface area contributed by atoms with E-state index >= 15 is 0 Å². The number of sulfonamides is 1. The molecule has 0 saturated heterocycles. The van der Waals surface area contributed by atoms with Crippen molar-refractivity contribution in [2.45, 2.75) is 26.2 Å². The number of rotatable bonds is 10. The molecule has 1 heterocycles. The molecule has 0 amide bonds. The minimum atomic E-state index is -3.12. The number of nitrogens with one attached hydrogen (secondary N) is 2. The highest BCUT2D eigenvalue weighted by atomic mass is 32.2. The molecule has 0 aliphatic rings. The zero-order valence-corrected chi connectivity index (χ0v) is 12.3. The van der Waals surface area contributed by atoms with Crippen molar-refractivity contribution in [1.82, 2.24) is 15.0 Å². The van der Waals surface area contributed by atoms with Crippen molar-refractivity contribution in [2.75, 3.05) is 25.4 Å². The summed E-state index contributed by atoms with van der Waals surface area (Å²) in [5.41, 5.74) is 0. The minimum absolute atomic E-state index is 0.205. The van der Waals surface area contributed by atoms with Gasteiger partial charge in [-0.3, -0.25) is 0 Å². The topological polar surface area (TPSA) is 71.1 Å². The molecule has 1 rings (SSSR count). The molecular formula is C11H21N3O2S2. The van der Waals surface area contributed by atoms with E-state index in [9.17, 15) is 8.42 Å². The Morgan fingerprint density at radius 1 is 1.33 bits per heavy atom. The van der Waals surface area contributed by atoms with Gasteiger partial charge in [0.15, 0.2) is 0 Å². The van der Waals surface area contributed by atoms with Crippen molar-refractivity contribution in [3.63, 3.8) is 0 Å². The quantitative estimate of drug-likeness (QED) is 0.631. The Bertz CT molecular complexity index is 404. The van der Waals surface area contributed by atoms with Crippen molar-refractivity contribution in [2.24, 2.45) is 0 Å². The van der Waals surface area contributed by atoms with E-state index in [0.717, 1.165) is 24.5 Å². The molecule has 2 N–H and O–H groups in total. The van der Waals surface area contributed by atoms with Gasteiger partial charge in [-0.05, 0) is 25.9 Å². The third kappa shape index (κ3) is 7.05. The van der Waals surface area contributed by atoms with E-state index in [-0.39, 0.29) is 5.75 Å². The largest absolute Gasteiger partial charge is 0.317 e. The number of thiazole rings is 1. The molecule has 0 saturated carbocycles. The Labute approximate surface area is 113 Å². The molecule has 104 valence electrons. The van der Waals surface area contributed by atoms with Crippen LogP contribution in [0.3, 0.4) is 0 Å². The zero-order chi connectivity index (χ0) is 13.3. The van der Waals surface area contributed by atoms with Gasteiger partial charge in [-0.2, -0.15) is 0 Å². The first-order valence-electron chi connectivity index (χ1n) is 6.20. The SMILES string of the molecule is CCNCCCCS(=O)(=O)NCCc1nccs1. The first-order chi connectivity index (χ1) is 8.64. The Balaban J connectivity index is 2.11. The summed E-state index contributed by atoms with van der Waals surface area (Å²) in [6.07, 6.45) is 3.98. The van der Waals surface area contributed by atoms with Crippen LogP contribution in [-0.4, -0.2) is 38.8 Å². The molecule has 0 bridgehead atoms. The van der Waals surface area contributed by atoms with Crippen LogP contribution in [0.1, 0.15) is 24.8 Å². The first-order valence-corrected chi connectivity index (χ1v) is 8.73. The van der Waals surface area contributed by atoms with Gasteiger partial charge in [0.05, 0.1) is 10.8 Å². The van der Waals surface area contributed by atoms with Gasteiger partial charge in [-0.15, -0.1) is 11.3 Å². The second-order valence-corrected chi connectivity index (χ2v) is 6.86. The van der Waals surface area contributed by atoms with Gasteiger partial charge < -0.3 is 5.32 Å². The molecule has 0 aliphatic heterocycles. The highest BCUT2D eigenvalue weighted by Crippen LogP contribution is 2.04. The monoisotopic (exact) mass is 291 g/mol. The van der Waals surface area contributed by atoms with Crippen molar-refractivity contribution in [3.8, 4) is 0 Å². The molecule has 1 aromatic rings. The lowest BCUT2D eigenvalue weighted by Crippen LogP contribution is -2.28. The molecule has 5 nitrogen and oxygen atoms in total. The number of hydrogen-bond donors (Lipinski definition) is 2. The molecular weight excluding hydrogens is 270 g/mol. The maximum atomic E-state index is 11.6. The highest BCUT2D eigenvalue weighted by molar-refractivity contribution is 7.89. The van der Waals surface area contributed by atoms with Gasteiger partial charge in [0.2, 0.25) is 10.0 Å². The highest BCUT2D eigenvalue weighted by Gasteiger charge is 2.09. The maximum Gasteiger partial charge on any atom is 0.211 e. The summed E-state index contributed by atoms with van der Waals surface area (Å²) in [5.74, 6) is 0.205. The third-order valence-corrected chi connectivity index (χ3v) is 4.72. The normalized spacial score (nSPS) is 11.8. The van der Waals surface area contributed by atoms with E-state index in [2.05, 4.69) is 15.0 Å². The van der Waals surface area contributed by atoms with E-state index in [1.807, 2.05) is 12.3 Å². The van der Waals surface area contributed by atoms with Crippen LogP contribution >= 0.6 is 11.3 Å². The van der Waals surface area contributed by atoms with Crippen LogP contribution in [0, 0.1) is 0 Å². The van der Waals surface area contributed by atoms with E-state index in [1.165, 1.54) is 0 Å². The van der Waals surface area contributed by atoms with Crippen LogP contribution in [-0.2, 0) is 16.4 Å². The van der Waals surface area contributed by atoms with Gasteiger partial charge in [0.1, 0.15) is 0 Å². The number of nitrogens with zero attached hydrogens (tertiary/aromatic N) is 1. The fourth-order valence-electron chi connectivity index (χ4n) is 1.48. The molecule has 0 spiro atoms. The molecule has 0 radical (unpaired) electrons. The lowest BCUT2D eigenvalue weighted by Gasteiger charge is -2.06. The molecule has 0 aromatic carbocycles. The summed E-state index contributed by atoms with van der Waals surface area (Å²) in [4.78, 5) is 4.11. The summed E-state index contributed by atoms with van der Waals surface area (Å²) in [5, 5.41) is 6.03. The molecule has 0 atom stereocenters. The summed E-state index contributed by atoms with van der Waals surface area (Å²) in [6, 6.07) is 0. The second-order valence-electron chi connectivity index (χ2n) is 3.95. The van der Waals surface area contributed by atoms with Crippen LogP contribution in [0.4, 0.5) is 0 Å². The fourth-order valence-corrected chi connectivity index (χ4v) is 3.24. The summed E-state index contributed by atoms with van der Waals surface area (Å²) < 4.78 is 25.9. The van der Waals surface area contributed by atoms with Crippen molar-refractivity contribution in [3.05, 3.63) is 16.6 Å². The molecule has 0 fully saturated rings. The Kier molecular flexibility index (Phi) is 7.41.